The molecule has 0 saturated heterocycles. The number of aliphatic carboxylic acids is 15. The number of carboxylic acids is 15. The highest BCUT2D eigenvalue weighted by Crippen LogP contribution is 2.37. The van der Waals surface area contributed by atoms with E-state index in [2.05, 4.69) is 0 Å². The van der Waals surface area contributed by atoms with Crippen LogP contribution in [0.25, 0.3) is 0 Å². The van der Waals surface area contributed by atoms with E-state index in [0.29, 0.717) is 0 Å². The molecule has 0 rings (SSSR count). The topological polar surface area (TPSA) is 560 Å². The summed E-state index contributed by atoms with van der Waals surface area (Å²) in [4.78, 5) is 183. The number of hydrogen-bond donors (Lipinski definition) is 15. The number of rotatable bonds is 44. The standard InChI is InChI=1S/C47H66O30/c1-3-19(34(50)51)5-21(36(54)55)7-23(38(58)59)9-25(40(62)63)11-27(42(66)67)13-29(44(70)71)15-31(46(74)75)17-32(47(76)77)16-30(45(72)73)14-28(43(68)69)12-26(41(64)65)10-24(39(60)61)8-22(37(56)57)6-20(35(52)53)4-18(2)33(48)49/h18-32H,3-17H2,1-2H3,(H,48,49)(H,50,51)(H,52,53)(H,54,55)(H,56,57)(H,58,59)(H,60,61)(H,62,63)(H,64,65)(H,66,67)(H,68,69)(H,70,71)(H,72,73)(H,74,75)(H,76,77). The van der Waals surface area contributed by atoms with Gasteiger partial charge in [0.2, 0.25) is 0 Å². The summed E-state index contributed by atoms with van der Waals surface area (Å²) < 4.78 is 0. The van der Waals surface area contributed by atoms with Crippen molar-refractivity contribution in [3.8, 4) is 0 Å². The average Bonchev–Trinajstić information content (AvgIpc) is 3.29. The van der Waals surface area contributed by atoms with Gasteiger partial charge in [0, 0.05) is 0 Å². The lowest BCUT2D eigenvalue weighted by Gasteiger charge is -2.27. The molecular formula is C47H66O30. The summed E-state index contributed by atoms with van der Waals surface area (Å²) in [6.07, 6.45) is -13.3. The van der Waals surface area contributed by atoms with Gasteiger partial charge in [0.25, 0.3) is 0 Å². The van der Waals surface area contributed by atoms with Crippen molar-refractivity contribution in [1.29, 1.82) is 0 Å². The molecule has 0 amide bonds. The highest BCUT2D eigenvalue weighted by molar-refractivity contribution is 5.81. The van der Waals surface area contributed by atoms with Crippen LogP contribution in [0.2, 0.25) is 0 Å². The largest absolute Gasteiger partial charge is 0.481 e. The maximum atomic E-state index is 12.5. The molecule has 0 aliphatic rings. The van der Waals surface area contributed by atoms with Crippen molar-refractivity contribution in [2.45, 2.75) is 110 Å². The van der Waals surface area contributed by atoms with Gasteiger partial charge in [-0.05, 0) is 96.3 Å². The lowest BCUT2D eigenvalue weighted by atomic mass is 9.76. The van der Waals surface area contributed by atoms with Gasteiger partial charge in [-0.3, -0.25) is 71.9 Å². The molecule has 30 heteroatoms. The van der Waals surface area contributed by atoms with Crippen LogP contribution in [0, 0.1) is 88.8 Å². The Morgan fingerprint density at radius 1 is 0.195 bits per heavy atom. The molecule has 0 bridgehead atoms. The number of hydrogen-bond acceptors (Lipinski definition) is 15. The van der Waals surface area contributed by atoms with Crippen LogP contribution in [-0.2, 0) is 71.9 Å². The van der Waals surface area contributed by atoms with Crippen molar-refractivity contribution in [3.05, 3.63) is 0 Å². The smallest absolute Gasteiger partial charge is 0.306 e. The Morgan fingerprint density at radius 3 is 0.390 bits per heavy atom. The highest BCUT2D eigenvalue weighted by Gasteiger charge is 2.42. The molecule has 15 N–H and O–H groups in total. The van der Waals surface area contributed by atoms with Crippen molar-refractivity contribution < 1.29 is 149 Å². The van der Waals surface area contributed by atoms with Crippen LogP contribution in [0.4, 0.5) is 0 Å². The summed E-state index contributed by atoms with van der Waals surface area (Å²) in [6, 6.07) is 0. The van der Waals surface area contributed by atoms with Crippen LogP contribution in [0.15, 0.2) is 0 Å². The number of carboxylic acid groups (broad SMARTS) is 15. The third kappa shape index (κ3) is 24.5. The van der Waals surface area contributed by atoms with Gasteiger partial charge in [0.15, 0.2) is 0 Å². The van der Waals surface area contributed by atoms with E-state index in [1.54, 1.807) is 0 Å². The van der Waals surface area contributed by atoms with E-state index in [0.717, 1.165) is 6.92 Å². The predicted octanol–water partition coefficient (Wildman–Crippen LogP) is 2.39. The van der Waals surface area contributed by atoms with Crippen molar-refractivity contribution in [3.63, 3.8) is 0 Å². The molecule has 434 valence electrons. The second-order valence-corrected chi connectivity index (χ2v) is 19.4. The van der Waals surface area contributed by atoms with E-state index in [9.17, 15) is 149 Å². The first-order valence-corrected chi connectivity index (χ1v) is 23.9. The Bertz CT molecular complexity index is 2180. The molecule has 0 aromatic carbocycles. The normalized spacial score (nSPS) is 17.2. The summed E-state index contributed by atoms with van der Waals surface area (Å²) in [6.45, 7) is 2.55. The van der Waals surface area contributed by atoms with E-state index in [1.807, 2.05) is 0 Å². The minimum Gasteiger partial charge on any atom is -0.481 e. The number of carbonyl (C=O) groups is 15. The molecule has 15 unspecified atom stereocenters. The monoisotopic (exact) mass is 1110 g/mol. The van der Waals surface area contributed by atoms with Crippen molar-refractivity contribution in [2.24, 2.45) is 88.8 Å². The molecule has 0 aromatic heterocycles. The van der Waals surface area contributed by atoms with Gasteiger partial charge < -0.3 is 76.6 Å². The van der Waals surface area contributed by atoms with E-state index in [-0.39, 0.29) is 6.42 Å². The Hall–Kier alpha value is -7.95. The quantitative estimate of drug-likeness (QED) is 0.0416. The molecule has 0 spiro atoms. The molecule has 0 aromatic rings. The van der Waals surface area contributed by atoms with E-state index < -0.39 is 268 Å². The van der Waals surface area contributed by atoms with Gasteiger partial charge >= 0.3 is 89.5 Å². The third-order valence-electron chi connectivity index (χ3n) is 13.8. The van der Waals surface area contributed by atoms with Crippen molar-refractivity contribution >= 4 is 89.5 Å². The van der Waals surface area contributed by atoms with Gasteiger partial charge in [-0.2, -0.15) is 0 Å². The fourth-order valence-corrected chi connectivity index (χ4v) is 9.31. The second kappa shape index (κ2) is 32.5. The van der Waals surface area contributed by atoms with Gasteiger partial charge in [-0.25, -0.2) is 0 Å². The van der Waals surface area contributed by atoms with Crippen LogP contribution in [0.5, 0.6) is 0 Å². The molecule has 0 radical (unpaired) electrons. The van der Waals surface area contributed by atoms with Gasteiger partial charge in [0.05, 0.1) is 88.8 Å². The first-order valence-electron chi connectivity index (χ1n) is 23.9. The van der Waals surface area contributed by atoms with Gasteiger partial charge in [-0.1, -0.05) is 13.8 Å². The van der Waals surface area contributed by atoms with Gasteiger partial charge in [0.1, 0.15) is 0 Å². The SMILES string of the molecule is CCC(CC(CC(CC(CC(CC(CC(CC(CC(CC(CC(CC(CC(CC(CC(C)C(=O)O)C(=O)O)C(=O)O)C(=O)O)C(=O)O)C(=O)O)C(=O)O)C(=O)O)C(=O)O)C(=O)O)C(=O)O)C(=O)O)C(=O)O)C(=O)O)C(=O)O. The Labute approximate surface area is 436 Å². The summed E-state index contributed by atoms with van der Waals surface area (Å²) in [7, 11) is 0. The zero-order valence-electron chi connectivity index (χ0n) is 41.6. The first kappa shape index (κ1) is 69.0. The van der Waals surface area contributed by atoms with Crippen molar-refractivity contribution in [2.75, 3.05) is 0 Å². The minimum absolute atomic E-state index is 0.0569. The molecular weight excluding hydrogens is 1040 g/mol. The minimum atomic E-state index is -2.08. The highest BCUT2D eigenvalue weighted by atomic mass is 16.4. The van der Waals surface area contributed by atoms with E-state index in [4.69, 9.17) is 0 Å². The zero-order chi connectivity index (χ0) is 59.9. The van der Waals surface area contributed by atoms with Crippen LogP contribution in [0.3, 0.4) is 0 Å². The molecule has 0 aliphatic carbocycles. The fraction of sp³-hybridized carbons (Fsp3) is 0.681. The predicted molar refractivity (Wildman–Crippen MR) is 247 cm³/mol. The van der Waals surface area contributed by atoms with Gasteiger partial charge in [-0.15, -0.1) is 0 Å². The van der Waals surface area contributed by atoms with Crippen LogP contribution in [0.1, 0.15) is 110 Å². The summed E-state index contributed by atoms with van der Waals surface area (Å²) in [5.41, 5.74) is 0. The Morgan fingerprint density at radius 2 is 0.299 bits per heavy atom. The molecule has 0 aliphatic heterocycles. The second-order valence-electron chi connectivity index (χ2n) is 19.4. The van der Waals surface area contributed by atoms with Crippen LogP contribution >= 0.6 is 0 Å². The first-order chi connectivity index (χ1) is 35.4. The van der Waals surface area contributed by atoms with E-state index >= 15 is 0 Å². The fourth-order valence-electron chi connectivity index (χ4n) is 9.31. The molecule has 0 saturated carbocycles. The zero-order valence-corrected chi connectivity index (χ0v) is 41.6. The maximum Gasteiger partial charge on any atom is 0.306 e. The van der Waals surface area contributed by atoms with E-state index in [1.165, 1.54) is 6.92 Å². The Kier molecular flexibility index (Phi) is 29.1. The summed E-state index contributed by atoms with van der Waals surface area (Å²) in [5, 5.41) is 148. The van der Waals surface area contributed by atoms with Crippen LogP contribution < -0.4 is 0 Å². The Balaban J connectivity index is 6.67. The molecule has 77 heavy (non-hydrogen) atoms. The molecule has 0 heterocycles. The molecule has 15 atom stereocenters. The lowest BCUT2D eigenvalue weighted by Crippen LogP contribution is -2.34. The van der Waals surface area contributed by atoms with Crippen LogP contribution in [-0.4, -0.2) is 166 Å². The van der Waals surface area contributed by atoms with Crippen molar-refractivity contribution in [1.82, 2.24) is 0 Å². The lowest BCUT2D eigenvalue weighted by molar-refractivity contribution is -0.154. The molecule has 0 fully saturated rings. The summed E-state index contributed by atoms with van der Waals surface area (Å²) >= 11 is 0. The summed E-state index contributed by atoms with van der Waals surface area (Å²) in [5.74, 6) is -54.0. The molecule has 30 nitrogen and oxygen atoms in total. The average molecular weight is 1110 g/mol. The third-order valence-corrected chi connectivity index (χ3v) is 13.8. The maximum absolute atomic E-state index is 12.5.